The number of hydrogen-bond acceptors (Lipinski definition) is 7. The van der Waals surface area contributed by atoms with E-state index in [4.69, 9.17) is 9.47 Å². The summed E-state index contributed by atoms with van der Waals surface area (Å²) in [5.74, 6) is 1.06. The van der Waals surface area contributed by atoms with E-state index >= 15 is 0 Å². The summed E-state index contributed by atoms with van der Waals surface area (Å²) in [7, 11) is 3.18. The summed E-state index contributed by atoms with van der Waals surface area (Å²) in [5, 5.41) is 10.9. The third-order valence-electron chi connectivity index (χ3n) is 4.72. The first-order valence-electron chi connectivity index (χ1n) is 9.51. The Bertz CT molecular complexity index is 1200. The van der Waals surface area contributed by atoms with Crippen molar-refractivity contribution in [3.8, 4) is 33.3 Å². The Morgan fingerprint density at radius 2 is 2.06 bits per heavy atom. The van der Waals surface area contributed by atoms with Gasteiger partial charge in [-0.3, -0.25) is 14.9 Å². The lowest BCUT2D eigenvalue weighted by Gasteiger charge is -2.08. The number of nitrogens with one attached hydrogen (secondary N) is 2. The zero-order valence-corrected chi connectivity index (χ0v) is 18.1. The van der Waals surface area contributed by atoms with E-state index in [0.29, 0.717) is 29.4 Å². The van der Waals surface area contributed by atoms with Crippen LogP contribution < -0.4 is 14.8 Å². The number of H-pyrrole nitrogens is 1. The highest BCUT2D eigenvalue weighted by Gasteiger charge is 2.16. The second kappa shape index (κ2) is 8.97. The van der Waals surface area contributed by atoms with E-state index in [2.05, 4.69) is 25.5 Å². The third-order valence-corrected chi connectivity index (χ3v) is 5.92. The molecule has 0 radical (unpaired) electrons. The Kier molecular flexibility index (Phi) is 5.94. The Morgan fingerprint density at radius 3 is 2.81 bits per heavy atom. The summed E-state index contributed by atoms with van der Waals surface area (Å²) in [6.07, 6.45) is 3.50. The van der Waals surface area contributed by atoms with Crippen molar-refractivity contribution in [1.82, 2.24) is 25.5 Å². The number of rotatable bonds is 7. The minimum atomic E-state index is -0.253. The monoisotopic (exact) mass is 435 g/mol. The van der Waals surface area contributed by atoms with Gasteiger partial charge in [0.1, 0.15) is 22.2 Å². The zero-order valence-electron chi connectivity index (χ0n) is 17.3. The molecule has 0 saturated heterocycles. The summed E-state index contributed by atoms with van der Waals surface area (Å²) in [6, 6.07) is 11.0. The van der Waals surface area contributed by atoms with Gasteiger partial charge in [0.25, 0.3) is 5.91 Å². The largest absolute Gasteiger partial charge is 0.497 e. The van der Waals surface area contributed by atoms with Gasteiger partial charge in [-0.25, -0.2) is 4.98 Å². The van der Waals surface area contributed by atoms with E-state index in [1.165, 1.54) is 11.3 Å². The maximum absolute atomic E-state index is 12.7. The van der Waals surface area contributed by atoms with Crippen molar-refractivity contribution in [2.75, 3.05) is 14.2 Å². The number of aryl methyl sites for hydroxylation is 1. The molecule has 4 aromatic rings. The van der Waals surface area contributed by atoms with Crippen molar-refractivity contribution in [3.05, 3.63) is 65.1 Å². The molecule has 0 unspecified atom stereocenters. The number of carbonyl (C=O) groups excluding carboxylic acids is 1. The highest BCUT2D eigenvalue weighted by Crippen LogP contribution is 2.32. The van der Waals surface area contributed by atoms with Crippen molar-refractivity contribution in [2.45, 2.75) is 13.5 Å². The number of carbonyl (C=O) groups is 1. The van der Waals surface area contributed by atoms with Crippen LogP contribution >= 0.6 is 11.3 Å². The second-order valence-corrected chi connectivity index (χ2v) is 7.77. The van der Waals surface area contributed by atoms with Crippen molar-refractivity contribution < 1.29 is 14.3 Å². The first kappa shape index (κ1) is 20.5. The lowest BCUT2D eigenvalue weighted by molar-refractivity contribution is 0.0946. The number of hydrogen-bond donors (Lipinski definition) is 2. The number of pyridine rings is 1. The molecule has 0 atom stereocenters. The quantitative estimate of drug-likeness (QED) is 0.457. The molecule has 0 aliphatic heterocycles. The van der Waals surface area contributed by atoms with Crippen LogP contribution in [-0.4, -0.2) is 40.3 Å². The zero-order chi connectivity index (χ0) is 21.8. The summed E-state index contributed by atoms with van der Waals surface area (Å²) >= 11 is 1.54. The van der Waals surface area contributed by atoms with Gasteiger partial charge in [0.15, 0.2) is 0 Å². The van der Waals surface area contributed by atoms with E-state index in [1.807, 2.05) is 25.1 Å². The topological polar surface area (TPSA) is 102 Å². The number of aromatic amines is 1. The molecule has 158 valence electrons. The molecule has 4 rings (SSSR count). The van der Waals surface area contributed by atoms with Crippen LogP contribution in [0.3, 0.4) is 0 Å². The minimum Gasteiger partial charge on any atom is -0.497 e. The number of ether oxygens (including phenoxy) is 2. The number of nitrogens with zero attached hydrogens (tertiary/aromatic N) is 3. The second-order valence-electron chi connectivity index (χ2n) is 6.69. The van der Waals surface area contributed by atoms with Gasteiger partial charge in [-0.2, -0.15) is 5.10 Å². The molecule has 0 spiro atoms. The number of amides is 1. The van der Waals surface area contributed by atoms with Crippen LogP contribution in [0.15, 0.2) is 48.8 Å². The summed E-state index contributed by atoms with van der Waals surface area (Å²) in [6.45, 7) is 2.31. The minimum absolute atomic E-state index is 0.253. The van der Waals surface area contributed by atoms with Gasteiger partial charge in [-0.1, -0.05) is 0 Å². The van der Waals surface area contributed by atoms with Gasteiger partial charge >= 0.3 is 0 Å². The van der Waals surface area contributed by atoms with Crippen LogP contribution in [0.4, 0.5) is 0 Å². The fraction of sp³-hybridized carbons (Fsp3) is 0.182. The lowest BCUT2D eigenvalue weighted by Crippen LogP contribution is -2.23. The standard InChI is InChI=1S/C22H21N5O3S/c1-13-20(31-22(25-13)14-5-4-8-23-11-14)12-24-21(28)18-10-17(26-27-18)16-9-15(29-2)6-7-19(16)30-3/h4-11H,12H2,1-3H3,(H,24,28)(H,26,27). The molecule has 3 aromatic heterocycles. The molecule has 3 heterocycles. The van der Waals surface area contributed by atoms with Gasteiger partial charge in [0.2, 0.25) is 0 Å². The maximum Gasteiger partial charge on any atom is 0.269 e. The van der Waals surface area contributed by atoms with Gasteiger partial charge < -0.3 is 14.8 Å². The molecular formula is C22H21N5O3S. The first-order chi connectivity index (χ1) is 15.1. The average Bonchev–Trinajstić information content (AvgIpc) is 3.45. The van der Waals surface area contributed by atoms with Gasteiger partial charge in [0.05, 0.1) is 32.2 Å². The Labute approximate surface area is 183 Å². The molecule has 0 aliphatic rings. The number of thiazole rings is 1. The first-order valence-corrected chi connectivity index (χ1v) is 10.3. The summed E-state index contributed by atoms with van der Waals surface area (Å²) in [4.78, 5) is 22.4. The average molecular weight is 436 g/mol. The van der Waals surface area contributed by atoms with E-state index in [0.717, 1.165) is 26.7 Å². The van der Waals surface area contributed by atoms with Gasteiger partial charge in [-0.15, -0.1) is 11.3 Å². The molecule has 0 aliphatic carbocycles. The van der Waals surface area contributed by atoms with Crippen molar-refractivity contribution in [2.24, 2.45) is 0 Å². The van der Waals surface area contributed by atoms with E-state index in [9.17, 15) is 4.79 Å². The molecule has 0 bridgehead atoms. The SMILES string of the molecule is COc1ccc(OC)c(-c2cc(C(=O)NCc3sc(-c4cccnc4)nc3C)[nH]n2)c1. The van der Waals surface area contributed by atoms with E-state index in [1.54, 1.807) is 44.8 Å². The predicted molar refractivity (Wildman–Crippen MR) is 118 cm³/mol. The van der Waals surface area contributed by atoms with E-state index < -0.39 is 0 Å². The molecule has 1 amide bonds. The van der Waals surface area contributed by atoms with Crippen LogP contribution in [0.5, 0.6) is 11.5 Å². The Morgan fingerprint density at radius 1 is 1.19 bits per heavy atom. The molecule has 9 heteroatoms. The molecular weight excluding hydrogens is 414 g/mol. The van der Waals surface area contributed by atoms with Crippen molar-refractivity contribution in [3.63, 3.8) is 0 Å². The fourth-order valence-corrected chi connectivity index (χ4v) is 4.04. The maximum atomic E-state index is 12.7. The van der Waals surface area contributed by atoms with Gasteiger partial charge in [0, 0.05) is 28.4 Å². The number of benzene rings is 1. The van der Waals surface area contributed by atoms with Crippen molar-refractivity contribution in [1.29, 1.82) is 0 Å². The van der Waals surface area contributed by atoms with Crippen LogP contribution in [-0.2, 0) is 6.54 Å². The Hall–Kier alpha value is -3.72. The smallest absolute Gasteiger partial charge is 0.269 e. The molecule has 2 N–H and O–H groups in total. The molecule has 0 fully saturated rings. The highest BCUT2D eigenvalue weighted by atomic mass is 32.1. The summed E-state index contributed by atoms with van der Waals surface area (Å²) < 4.78 is 10.7. The Balaban J connectivity index is 1.48. The number of methoxy groups -OCH3 is 2. The number of aromatic nitrogens is 4. The lowest BCUT2D eigenvalue weighted by atomic mass is 10.1. The van der Waals surface area contributed by atoms with E-state index in [-0.39, 0.29) is 5.91 Å². The predicted octanol–water partition coefficient (Wildman–Crippen LogP) is 3.85. The molecule has 1 aromatic carbocycles. The van der Waals surface area contributed by atoms with Crippen molar-refractivity contribution >= 4 is 17.2 Å². The van der Waals surface area contributed by atoms with Crippen LogP contribution in [0, 0.1) is 6.92 Å². The fourth-order valence-electron chi connectivity index (χ4n) is 3.05. The summed E-state index contributed by atoms with van der Waals surface area (Å²) in [5.41, 5.74) is 3.52. The highest BCUT2D eigenvalue weighted by molar-refractivity contribution is 7.15. The normalized spacial score (nSPS) is 10.7. The van der Waals surface area contributed by atoms with Gasteiger partial charge in [-0.05, 0) is 43.3 Å². The van der Waals surface area contributed by atoms with Crippen LogP contribution in [0.25, 0.3) is 21.8 Å². The van der Waals surface area contributed by atoms with Crippen LogP contribution in [0.2, 0.25) is 0 Å². The third kappa shape index (κ3) is 4.41. The molecule has 0 saturated carbocycles. The molecule has 8 nitrogen and oxygen atoms in total. The molecule has 31 heavy (non-hydrogen) atoms. The van der Waals surface area contributed by atoms with Crippen LogP contribution in [0.1, 0.15) is 21.1 Å².